The predicted octanol–water partition coefficient (Wildman–Crippen LogP) is 3.05. The second-order valence-corrected chi connectivity index (χ2v) is 18.7. The van der Waals surface area contributed by atoms with Crippen LogP contribution >= 0.6 is 0 Å². The fourth-order valence-corrected chi connectivity index (χ4v) is 8.69. The van der Waals surface area contributed by atoms with Crippen LogP contribution in [0, 0.1) is 0 Å². The number of carbonyl (C=O) groups excluding carboxylic acids is 8. The van der Waals surface area contributed by atoms with Gasteiger partial charge < -0.3 is 63.6 Å². The molecule has 77 heavy (non-hydrogen) atoms. The molecule has 0 fully saturated rings. The number of hydrogen-bond acceptors (Lipinski definition) is 17. The molecule has 3 amide bonds. The van der Waals surface area contributed by atoms with Crippen LogP contribution in [0.25, 0.3) is 0 Å². The van der Waals surface area contributed by atoms with Crippen molar-refractivity contribution in [2.75, 3.05) is 54.6 Å². The lowest BCUT2D eigenvalue weighted by atomic mass is 9.96. The number of carbonyl (C=O) groups is 8. The minimum Gasteiger partial charge on any atom is -0.496 e. The number of hydrogen-bond donors (Lipinski definition) is 8. The molecule has 0 saturated heterocycles. The van der Waals surface area contributed by atoms with Crippen LogP contribution in [-0.2, 0) is 44.9 Å². The first-order valence-corrected chi connectivity index (χ1v) is 25.7. The fourth-order valence-electron chi connectivity index (χ4n) is 8.69. The zero-order valence-electron chi connectivity index (χ0n) is 44.8. The van der Waals surface area contributed by atoms with Crippen LogP contribution in [0.1, 0.15) is 122 Å². The second-order valence-electron chi connectivity index (χ2n) is 18.7. The number of benzene rings is 4. The van der Waals surface area contributed by atoms with Crippen LogP contribution in [0.15, 0.2) is 72.8 Å². The summed E-state index contributed by atoms with van der Waals surface area (Å²) in [6, 6.07) is 15.2. The first-order chi connectivity index (χ1) is 36.9. The van der Waals surface area contributed by atoms with Crippen molar-refractivity contribution in [2.24, 2.45) is 28.7 Å². The van der Waals surface area contributed by atoms with Crippen molar-refractivity contribution in [3.05, 3.63) is 117 Å². The Morgan fingerprint density at radius 3 is 0.935 bits per heavy atom. The van der Waals surface area contributed by atoms with Crippen molar-refractivity contribution in [2.45, 2.75) is 108 Å². The van der Waals surface area contributed by atoms with Gasteiger partial charge in [0.15, 0.2) is 28.9 Å². The summed E-state index contributed by atoms with van der Waals surface area (Å²) < 4.78 is 21.8. The minimum absolute atomic E-state index is 0.0201. The maximum absolute atomic E-state index is 14.2. The molecular weight excluding hydrogens is 989 g/mol. The van der Waals surface area contributed by atoms with Gasteiger partial charge in [0.05, 0.1) is 74.9 Å². The SMILES string of the molecule is COc1ccc(CC(=O)[C@H](CCCN)NC(=O)c2cc(CC(=O)[C@H](CCCN)NC(=O)c3cc(CC(=O)[C@H](CCCN)NC(=O)c4cc(CC(=O)[C@@H](N)CCCN)ccc4OC)ccc3OC)ccc2OC)cc1C(C)=O. The normalized spacial score (nSPS) is 12.5. The zero-order chi connectivity index (χ0) is 56.6. The topological polar surface area (TPSA) is 340 Å². The Labute approximate surface area is 450 Å². The monoisotopic (exact) mass is 1060 g/mol. The van der Waals surface area contributed by atoms with E-state index in [2.05, 4.69) is 16.0 Å². The lowest BCUT2D eigenvalue weighted by Gasteiger charge is -2.21. The highest BCUT2D eigenvalue weighted by molar-refractivity contribution is 6.03. The highest BCUT2D eigenvalue weighted by Crippen LogP contribution is 2.26. The Morgan fingerprint density at radius 2 is 0.662 bits per heavy atom. The van der Waals surface area contributed by atoms with Crippen molar-refractivity contribution in [1.82, 2.24) is 16.0 Å². The number of nitrogens with one attached hydrogen (secondary N) is 3. The molecule has 4 aromatic carbocycles. The third kappa shape index (κ3) is 18.4. The highest BCUT2D eigenvalue weighted by Gasteiger charge is 2.29. The molecule has 20 nitrogen and oxygen atoms in total. The molecule has 0 aromatic heterocycles. The Morgan fingerprint density at radius 1 is 0.403 bits per heavy atom. The predicted molar refractivity (Wildman–Crippen MR) is 292 cm³/mol. The van der Waals surface area contributed by atoms with Crippen molar-refractivity contribution in [3.63, 3.8) is 0 Å². The Hall–Kier alpha value is -7.36. The van der Waals surface area contributed by atoms with E-state index in [0.717, 1.165) is 0 Å². The van der Waals surface area contributed by atoms with Crippen molar-refractivity contribution >= 4 is 46.6 Å². The van der Waals surface area contributed by atoms with Gasteiger partial charge in [0.1, 0.15) is 23.0 Å². The van der Waals surface area contributed by atoms with E-state index in [4.69, 9.17) is 47.6 Å². The first kappa shape index (κ1) is 62.2. The van der Waals surface area contributed by atoms with Crippen LogP contribution in [-0.4, -0.2) is 125 Å². The average Bonchev–Trinajstić information content (AvgIpc) is 3.43. The highest BCUT2D eigenvalue weighted by atomic mass is 16.5. The third-order valence-corrected chi connectivity index (χ3v) is 13.0. The Balaban J connectivity index is 1.52. The summed E-state index contributed by atoms with van der Waals surface area (Å²) in [6.07, 6.45) is 2.31. The van der Waals surface area contributed by atoms with Gasteiger partial charge in [-0.2, -0.15) is 0 Å². The molecule has 416 valence electrons. The lowest BCUT2D eigenvalue weighted by molar-refractivity contribution is -0.121. The minimum atomic E-state index is -1.04. The molecule has 0 bridgehead atoms. The van der Waals surface area contributed by atoms with Gasteiger partial charge in [-0.25, -0.2) is 0 Å². The number of nitrogens with two attached hydrogens (primary N) is 5. The van der Waals surface area contributed by atoms with E-state index in [1.807, 2.05) is 0 Å². The summed E-state index contributed by atoms with van der Waals surface area (Å²) in [5, 5.41) is 8.48. The van der Waals surface area contributed by atoms with Gasteiger partial charge in [-0.05, 0) is 155 Å². The summed E-state index contributed by atoms with van der Waals surface area (Å²) in [5.41, 5.74) is 31.6. The molecule has 0 aliphatic rings. The van der Waals surface area contributed by atoms with Gasteiger partial charge in [0, 0.05) is 25.7 Å². The summed E-state index contributed by atoms with van der Waals surface area (Å²) in [4.78, 5) is 109. The van der Waals surface area contributed by atoms with E-state index in [1.54, 1.807) is 42.5 Å². The van der Waals surface area contributed by atoms with Crippen molar-refractivity contribution in [3.8, 4) is 23.0 Å². The van der Waals surface area contributed by atoms with E-state index >= 15 is 0 Å². The van der Waals surface area contributed by atoms with Gasteiger partial charge in [0.25, 0.3) is 17.7 Å². The van der Waals surface area contributed by atoms with Crippen LogP contribution in [0.2, 0.25) is 0 Å². The molecule has 0 unspecified atom stereocenters. The van der Waals surface area contributed by atoms with Gasteiger partial charge in [-0.3, -0.25) is 38.4 Å². The third-order valence-electron chi connectivity index (χ3n) is 13.0. The Kier molecular flexibility index (Phi) is 25.5. The molecule has 0 aliphatic heterocycles. The maximum atomic E-state index is 14.2. The van der Waals surface area contributed by atoms with Crippen LogP contribution in [0.3, 0.4) is 0 Å². The van der Waals surface area contributed by atoms with Crippen LogP contribution < -0.4 is 63.6 Å². The van der Waals surface area contributed by atoms with Crippen molar-refractivity contribution < 1.29 is 57.3 Å². The smallest absolute Gasteiger partial charge is 0.255 e. The number of ketones is 5. The summed E-state index contributed by atoms with van der Waals surface area (Å²) >= 11 is 0. The average molecular weight is 1070 g/mol. The van der Waals surface area contributed by atoms with Crippen molar-refractivity contribution in [1.29, 1.82) is 0 Å². The quantitative estimate of drug-likeness (QED) is 0.0307. The van der Waals surface area contributed by atoms with E-state index < -0.39 is 47.7 Å². The largest absolute Gasteiger partial charge is 0.496 e. The maximum Gasteiger partial charge on any atom is 0.255 e. The number of rotatable bonds is 35. The van der Waals surface area contributed by atoms with Gasteiger partial charge in [0.2, 0.25) is 0 Å². The summed E-state index contributed by atoms with van der Waals surface area (Å²) in [7, 11) is 5.61. The molecule has 0 radical (unpaired) electrons. The molecular formula is C57H76N8O12. The lowest BCUT2D eigenvalue weighted by Crippen LogP contribution is -2.42. The second kappa shape index (κ2) is 31.6. The molecule has 0 spiro atoms. The summed E-state index contributed by atoms with van der Waals surface area (Å²) in [6.45, 7) is 2.53. The molecule has 20 heteroatoms. The van der Waals surface area contributed by atoms with E-state index in [9.17, 15) is 38.4 Å². The molecule has 0 heterocycles. The Bertz CT molecular complexity index is 2710. The molecule has 0 aliphatic carbocycles. The summed E-state index contributed by atoms with van der Waals surface area (Å²) in [5.74, 6) is -2.47. The van der Waals surface area contributed by atoms with Crippen LogP contribution in [0.5, 0.6) is 23.0 Å². The van der Waals surface area contributed by atoms with Gasteiger partial charge >= 0.3 is 0 Å². The van der Waals surface area contributed by atoms with E-state index in [1.165, 1.54) is 65.7 Å². The molecule has 4 rings (SSSR count). The zero-order valence-corrected chi connectivity index (χ0v) is 44.8. The molecule has 4 atom stereocenters. The molecule has 0 saturated carbocycles. The number of ether oxygens (including phenoxy) is 4. The van der Waals surface area contributed by atoms with E-state index in [0.29, 0.717) is 72.2 Å². The van der Waals surface area contributed by atoms with E-state index in [-0.39, 0.29) is 122 Å². The first-order valence-electron chi connectivity index (χ1n) is 25.7. The molecule has 4 aromatic rings. The standard InChI is InChI=1S/C57H76N8O12/c1-34(66)39-26-35(14-18-51(39)74-2)31-48(68)44(11-7-23-59)63-56(72)41-28-37(16-20-53(41)76-4)33-50(70)46(13-9-25-61)65-57(73)42-29-38(17-21-54(42)77-5)32-49(69)45(12-8-24-60)64-55(71)40-27-36(15-19-52(40)75-3)30-47(67)43(62)10-6-22-58/h14-21,26-29,43-46H,6-13,22-25,30-33,58-62H2,1-5H3,(H,63,72)(H,64,71)(H,65,73)/t43-,44-,45-,46-/m0/s1. The number of Topliss-reactive ketones (excluding diaryl/α,β-unsaturated/α-hetero) is 5. The van der Waals surface area contributed by atoms with Gasteiger partial charge in [-0.1, -0.05) is 24.3 Å². The molecule has 13 N–H and O–H groups in total. The fraction of sp³-hybridized carbons (Fsp3) is 0.439. The number of amides is 3. The van der Waals surface area contributed by atoms with Gasteiger partial charge in [-0.15, -0.1) is 0 Å². The van der Waals surface area contributed by atoms with Crippen LogP contribution in [0.4, 0.5) is 0 Å². The number of methoxy groups -OCH3 is 4.